The number of oxazole rings is 1. The quantitative estimate of drug-likeness (QED) is 0.812. The van der Waals surface area contributed by atoms with Gasteiger partial charge in [0.1, 0.15) is 12.4 Å². The van der Waals surface area contributed by atoms with Gasteiger partial charge in [-0.05, 0) is 19.4 Å². The van der Waals surface area contributed by atoms with E-state index in [2.05, 4.69) is 16.9 Å². The van der Waals surface area contributed by atoms with Crippen molar-refractivity contribution in [1.82, 2.24) is 4.98 Å². The van der Waals surface area contributed by atoms with Gasteiger partial charge in [0.25, 0.3) is 0 Å². The molecule has 5 heteroatoms. The van der Waals surface area contributed by atoms with E-state index >= 15 is 0 Å². The van der Waals surface area contributed by atoms with E-state index in [4.69, 9.17) is 9.15 Å². The normalized spacial score (nSPS) is 11.6. The van der Waals surface area contributed by atoms with Gasteiger partial charge in [-0.25, -0.2) is 4.79 Å². The first-order valence-electron chi connectivity index (χ1n) is 5.45. The lowest BCUT2D eigenvalue weighted by atomic mass is 10.2. The minimum atomic E-state index is -0.577. The summed E-state index contributed by atoms with van der Waals surface area (Å²) in [6.45, 7) is 7.34. The summed E-state index contributed by atoms with van der Waals surface area (Å²) in [5, 5.41) is 2.49. The molecule has 0 spiro atoms. The molecule has 0 bridgehead atoms. The smallest absolute Gasteiger partial charge is 0.413 e. The molecule has 0 radical (unpaired) electrons. The van der Waals surface area contributed by atoms with E-state index in [1.807, 2.05) is 19.1 Å². The molecule has 0 aromatic carbocycles. The van der Waals surface area contributed by atoms with Crippen molar-refractivity contribution >= 4 is 11.9 Å². The maximum atomic E-state index is 11.5. The second-order valence-electron chi connectivity index (χ2n) is 3.44. The predicted octanol–water partition coefficient (Wildman–Crippen LogP) is 3.22. The van der Waals surface area contributed by atoms with Crippen LogP contribution in [0.25, 0.3) is 0 Å². The zero-order valence-corrected chi connectivity index (χ0v) is 10.5. The van der Waals surface area contributed by atoms with Gasteiger partial charge in [-0.2, -0.15) is 4.98 Å². The number of nitrogens with one attached hydrogen (secondary N) is 1. The molecular weight excluding hydrogens is 232 g/mol. The third kappa shape index (κ3) is 4.29. The highest BCUT2D eigenvalue weighted by atomic mass is 16.5. The third-order valence-electron chi connectivity index (χ3n) is 2.05. The number of carbonyl (C=O) groups is 1. The first-order valence-corrected chi connectivity index (χ1v) is 5.45. The monoisotopic (exact) mass is 248 g/mol. The molecule has 0 aliphatic heterocycles. The molecule has 1 rings (SSSR count). The minimum Gasteiger partial charge on any atom is -0.446 e. The lowest BCUT2D eigenvalue weighted by Crippen LogP contribution is -2.15. The highest BCUT2D eigenvalue weighted by Gasteiger charge is 2.08. The zero-order valence-electron chi connectivity index (χ0n) is 10.5. The van der Waals surface area contributed by atoms with Crippen LogP contribution in [-0.4, -0.2) is 17.7 Å². The maximum absolute atomic E-state index is 11.5. The average molecular weight is 248 g/mol. The minimum absolute atomic E-state index is 0.166. The van der Waals surface area contributed by atoms with Gasteiger partial charge in [0.2, 0.25) is 0 Å². The van der Waals surface area contributed by atoms with Crippen molar-refractivity contribution in [3.05, 3.63) is 48.6 Å². The molecule has 0 fully saturated rings. The molecule has 0 aliphatic carbocycles. The van der Waals surface area contributed by atoms with Crippen molar-refractivity contribution in [2.45, 2.75) is 13.8 Å². The summed E-state index contributed by atoms with van der Waals surface area (Å²) in [5.74, 6) is 0.891. The molecule has 0 saturated carbocycles. The van der Waals surface area contributed by atoms with Crippen LogP contribution in [0.1, 0.15) is 12.7 Å². The van der Waals surface area contributed by atoms with Crippen molar-refractivity contribution in [2.75, 3.05) is 11.9 Å². The van der Waals surface area contributed by atoms with Crippen LogP contribution in [0.15, 0.2) is 47.3 Å². The highest BCUT2D eigenvalue weighted by Crippen LogP contribution is 2.11. The van der Waals surface area contributed by atoms with Gasteiger partial charge >= 0.3 is 6.09 Å². The van der Waals surface area contributed by atoms with E-state index in [0.717, 1.165) is 5.57 Å². The molecule has 96 valence electrons. The standard InChI is InChI=1S/C13H16N2O3/c1-4-6-11(7-5-2)8-17-13(16)15-12-10(3)18-9-14-12/h4-7,9H,1,8H2,2-3H3,(H,15,16)/b7-5-,11-6+. The summed E-state index contributed by atoms with van der Waals surface area (Å²) in [6.07, 6.45) is 7.79. The summed E-state index contributed by atoms with van der Waals surface area (Å²) >= 11 is 0. The van der Waals surface area contributed by atoms with Crippen molar-refractivity contribution in [3.8, 4) is 0 Å². The van der Waals surface area contributed by atoms with Gasteiger partial charge in [0, 0.05) is 0 Å². The number of hydrogen-bond donors (Lipinski definition) is 1. The molecule has 0 atom stereocenters. The largest absolute Gasteiger partial charge is 0.446 e. The number of anilines is 1. The van der Waals surface area contributed by atoms with Gasteiger partial charge < -0.3 is 9.15 Å². The van der Waals surface area contributed by atoms with Crippen LogP contribution >= 0.6 is 0 Å². The summed E-state index contributed by atoms with van der Waals surface area (Å²) in [6, 6.07) is 0. The highest BCUT2D eigenvalue weighted by molar-refractivity contribution is 5.83. The van der Waals surface area contributed by atoms with Crippen LogP contribution < -0.4 is 5.32 Å². The topological polar surface area (TPSA) is 64.4 Å². The Kier molecular flexibility index (Phi) is 5.44. The van der Waals surface area contributed by atoms with Gasteiger partial charge in [-0.15, -0.1) is 0 Å². The Morgan fingerprint density at radius 3 is 3.00 bits per heavy atom. The molecule has 1 aromatic heterocycles. The van der Waals surface area contributed by atoms with Crippen LogP contribution in [0.2, 0.25) is 0 Å². The van der Waals surface area contributed by atoms with Gasteiger partial charge in [0.15, 0.2) is 12.2 Å². The summed E-state index contributed by atoms with van der Waals surface area (Å²) in [4.78, 5) is 15.3. The van der Waals surface area contributed by atoms with Crippen LogP contribution in [0, 0.1) is 6.92 Å². The Hall–Kier alpha value is -2.30. The second kappa shape index (κ2) is 7.11. The first kappa shape index (κ1) is 13.8. The molecular formula is C13H16N2O3. The van der Waals surface area contributed by atoms with E-state index < -0.39 is 6.09 Å². The third-order valence-corrected chi connectivity index (χ3v) is 2.05. The van der Waals surface area contributed by atoms with Gasteiger partial charge in [-0.1, -0.05) is 30.9 Å². The molecule has 18 heavy (non-hydrogen) atoms. The fourth-order valence-electron chi connectivity index (χ4n) is 1.22. The number of allylic oxidation sites excluding steroid dienone is 3. The number of rotatable bonds is 5. The van der Waals surface area contributed by atoms with Crippen LogP contribution in [-0.2, 0) is 4.74 Å². The second-order valence-corrected chi connectivity index (χ2v) is 3.44. The van der Waals surface area contributed by atoms with Crippen LogP contribution in [0.5, 0.6) is 0 Å². The summed E-state index contributed by atoms with van der Waals surface area (Å²) < 4.78 is 9.99. The van der Waals surface area contributed by atoms with Crippen LogP contribution in [0.4, 0.5) is 10.6 Å². The number of aryl methyl sites for hydroxylation is 1. The molecule has 1 amide bonds. The zero-order chi connectivity index (χ0) is 13.4. The molecule has 0 saturated heterocycles. The van der Waals surface area contributed by atoms with Crippen molar-refractivity contribution < 1.29 is 13.9 Å². The first-order chi connectivity index (χ1) is 8.67. The number of aromatic nitrogens is 1. The molecule has 1 N–H and O–H groups in total. The lowest BCUT2D eigenvalue weighted by Gasteiger charge is -2.05. The van der Waals surface area contributed by atoms with Gasteiger partial charge in [-0.3, -0.25) is 5.32 Å². The van der Waals surface area contributed by atoms with E-state index in [1.165, 1.54) is 6.39 Å². The molecule has 0 unspecified atom stereocenters. The number of hydrogen-bond acceptors (Lipinski definition) is 4. The van der Waals surface area contributed by atoms with Gasteiger partial charge in [0.05, 0.1) is 0 Å². The van der Waals surface area contributed by atoms with E-state index in [9.17, 15) is 4.79 Å². The Balaban J connectivity index is 2.48. The maximum Gasteiger partial charge on any atom is 0.413 e. The SMILES string of the molecule is C=C/C=C(\C=C/C)COC(=O)Nc1ncoc1C. The van der Waals surface area contributed by atoms with E-state index in [0.29, 0.717) is 11.6 Å². The number of nitrogens with zero attached hydrogens (tertiary/aromatic N) is 1. The lowest BCUT2D eigenvalue weighted by molar-refractivity contribution is 0.172. The fourth-order valence-corrected chi connectivity index (χ4v) is 1.22. The summed E-state index contributed by atoms with van der Waals surface area (Å²) in [5.41, 5.74) is 0.847. The Morgan fingerprint density at radius 2 is 2.44 bits per heavy atom. The fraction of sp³-hybridized carbons (Fsp3) is 0.231. The average Bonchev–Trinajstić information content (AvgIpc) is 2.73. The van der Waals surface area contributed by atoms with Crippen molar-refractivity contribution in [1.29, 1.82) is 0 Å². The van der Waals surface area contributed by atoms with Crippen molar-refractivity contribution in [3.63, 3.8) is 0 Å². The molecule has 1 heterocycles. The van der Waals surface area contributed by atoms with Crippen LogP contribution in [0.3, 0.4) is 0 Å². The van der Waals surface area contributed by atoms with E-state index in [-0.39, 0.29) is 6.61 Å². The number of ether oxygens (including phenoxy) is 1. The molecule has 1 aromatic rings. The Morgan fingerprint density at radius 1 is 1.67 bits per heavy atom. The molecule has 0 aliphatic rings. The van der Waals surface area contributed by atoms with E-state index in [1.54, 1.807) is 19.1 Å². The number of amides is 1. The Bertz CT molecular complexity index is 472. The number of carbonyl (C=O) groups excluding carboxylic acids is 1. The predicted molar refractivity (Wildman–Crippen MR) is 69.3 cm³/mol. The Labute approximate surface area is 106 Å². The van der Waals surface area contributed by atoms with Crippen molar-refractivity contribution in [2.24, 2.45) is 0 Å². The molecule has 5 nitrogen and oxygen atoms in total. The summed E-state index contributed by atoms with van der Waals surface area (Å²) in [7, 11) is 0.